The molecule has 30 heavy (non-hydrogen) atoms. The minimum Gasteiger partial charge on any atom is -0.494 e. The van der Waals surface area contributed by atoms with E-state index in [2.05, 4.69) is 4.99 Å². The Hall–Kier alpha value is -2.32. The fraction of sp³-hybridized carbons (Fsp3) is 0.364. The van der Waals surface area contributed by atoms with Crippen molar-refractivity contribution < 1.29 is 17.9 Å². The maximum absolute atomic E-state index is 12.7. The van der Waals surface area contributed by atoms with Gasteiger partial charge in [-0.25, -0.2) is 8.42 Å². The Morgan fingerprint density at radius 1 is 1.13 bits per heavy atom. The molecule has 0 N–H and O–H groups in total. The first kappa shape index (κ1) is 20.9. The van der Waals surface area contributed by atoms with Crippen molar-refractivity contribution in [3.63, 3.8) is 0 Å². The molecule has 2 aliphatic heterocycles. The molecular weight excluding hydrogens is 420 g/mol. The van der Waals surface area contributed by atoms with Gasteiger partial charge in [0.1, 0.15) is 5.75 Å². The van der Waals surface area contributed by atoms with Gasteiger partial charge in [0.2, 0.25) is 0 Å². The number of anilines is 1. The molecule has 0 spiro atoms. The quantitative estimate of drug-likeness (QED) is 0.705. The van der Waals surface area contributed by atoms with Crippen LogP contribution in [0, 0.1) is 6.92 Å². The Balaban J connectivity index is 1.61. The maximum atomic E-state index is 12.7. The lowest BCUT2D eigenvalue weighted by atomic mass is 10.1. The van der Waals surface area contributed by atoms with E-state index in [0.717, 1.165) is 22.6 Å². The summed E-state index contributed by atoms with van der Waals surface area (Å²) in [6, 6.07) is 15.1. The standard InChI is InChI=1S/C22H24N2O4S2/c1-3-28-18-10-8-17(9-11-18)24-19-13-30(26,27)14-20(19)29-22(24)23-21(25)12-16-6-4-15(2)5-7-16/h4-11,19-20H,3,12-14H2,1-2H3/t19-,20+/m1/s1. The van der Waals surface area contributed by atoms with Crippen LogP contribution in [-0.4, -0.2) is 48.9 Å². The second-order valence-electron chi connectivity index (χ2n) is 7.55. The number of sulfone groups is 1. The number of benzene rings is 2. The van der Waals surface area contributed by atoms with Crippen molar-refractivity contribution in [2.45, 2.75) is 31.6 Å². The molecule has 0 aromatic heterocycles. The number of thioether (sulfide) groups is 1. The first-order valence-corrected chi connectivity index (χ1v) is 12.6. The monoisotopic (exact) mass is 444 g/mol. The lowest BCUT2D eigenvalue weighted by Gasteiger charge is -2.24. The molecule has 2 aromatic carbocycles. The Kier molecular flexibility index (Phi) is 5.88. The Labute approximate surface area is 181 Å². The summed E-state index contributed by atoms with van der Waals surface area (Å²) in [6.45, 7) is 4.49. The Bertz CT molecular complexity index is 1060. The van der Waals surface area contributed by atoms with Gasteiger partial charge in [0.05, 0.1) is 30.6 Å². The molecule has 158 valence electrons. The summed E-state index contributed by atoms with van der Waals surface area (Å²) in [6.07, 6.45) is 0.217. The SMILES string of the molecule is CCOc1ccc(N2C(=NC(=O)Cc3ccc(C)cc3)S[C@H]3CS(=O)(=O)C[C@H]32)cc1. The van der Waals surface area contributed by atoms with Crippen LogP contribution in [0.1, 0.15) is 18.1 Å². The second kappa shape index (κ2) is 8.43. The first-order chi connectivity index (χ1) is 14.3. The lowest BCUT2D eigenvalue weighted by molar-refractivity contribution is -0.117. The number of nitrogens with zero attached hydrogens (tertiary/aromatic N) is 2. The molecule has 0 aliphatic carbocycles. The summed E-state index contributed by atoms with van der Waals surface area (Å²) in [4.78, 5) is 18.9. The molecule has 0 saturated carbocycles. The fourth-order valence-corrected chi connectivity index (χ4v) is 7.69. The maximum Gasteiger partial charge on any atom is 0.252 e. The van der Waals surface area contributed by atoms with Crippen LogP contribution >= 0.6 is 11.8 Å². The Morgan fingerprint density at radius 3 is 2.50 bits per heavy atom. The van der Waals surface area contributed by atoms with Gasteiger partial charge in [-0.15, -0.1) is 0 Å². The van der Waals surface area contributed by atoms with Gasteiger partial charge in [-0.1, -0.05) is 41.6 Å². The first-order valence-electron chi connectivity index (χ1n) is 9.91. The zero-order valence-corrected chi connectivity index (χ0v) is 18.6. The van der Waals surface area contributed by atoms with Crippen LogP contribution in [0.25, 0.3) is 0 Å². The summed E-state index contributed by atoms with van der Waals surface area (Å²) in [5, 5.41) is 0.452. The van der Waals surface area contributed by atoms with Crippen LogP contribution in [0.4, 0.5) is 5.69 Å². The van der Waals surface area contributed by atoms with Gasteiger partial charge < -0.3 is 9.64 Å². The molecule has 0 bridgehead atoms. The Morgan fingerprint density at radius 2 is 1.83 bits per heavy atom. The van der Waals surface area contributed by atoms with E-state index in [-0.39, 0.29) is 35.1 Å². The molecule has 2 fully saturated rings. The highest BCUT2D eigenvalue weighted by Crippen LogP contribution is 2.41. The number of aliphatic imine (C=N–C) groups is 1. The molecule has 2 aliphatic rings. The normalized spacial score (nSPS) is 23.5. The van der Waals surface area contributed by atoms with E-state index in [1.165, 1.54) is 11.8 Å². The number of carbonyl (C=O) groups excluding carboxylic acids is 1. The number of amidine groups is 1. The highest BCUT2D eigenvalue weighted by atomic mass is 32.2. The number of amides is 1. The van der Waals surface area contributed by atoms with Gasteiger partial charge in [0, 0.05) is 10.9 Å². The van der Waals surface area contributed by atoms with E-state index in [9.17, 15) is 13.2 Å². The van der Waals surface area contributed by atoms with E-state index in [1.54, 1.807) is 0 Å². The van der Waals surface area contributed by atoms with Crippen molar-refractivity contribution in [3.8, 4) is 5.75 Å². The van der Waals surface area contributed by atoms with E-state index in [1.807, 2.05) is 67.3 Å². The average Bonchev–Trinajstić information content (AvgIpc) is 3.15. The molecule has 0 unspecified atom stereocenters. The molecule has 2 atom stereocenters. The van der Waals surface area contributed by atoms with Gasteiger partial charge in [-0.2, -0.15) is 4.99 Å². The predicted octanol–water partition coefficient (Wildman–Crippen LogP) is 3.24. The highest BCUT2D eigenvalue weighted by Gasteiger charge is 2.49. The predicted molar refractivity (Wildman–Crippen MR) is 121 cm³/mol. The summed E-state index contributed by atoms with van der Waals surface area (Å²) >= 11 is 1.39. The summed E-state index contributed by atoms with van der Waals surface area (Å²) < 4.78 is 29.9. The molecule has 2 saturated heterocycles. The number of fused-ring (bicyclic) bond motifs is 1. The molecule has 2 aromatic rings. The zero-order valence-electron chi connectivity index (χ0n) is 16.9. The zero-order chi connectivity index (χ0) is 21.3. The van der Waals surface area contributed by atoms with Crippen LogP contribution in [-0.2, 0) is 21.1 Å². The van der Waals surface area contributed by atoms with Gasteiger partial charge in [0.25, 0.3) is 5.91 Å². The number of carbonyl (C=O) groups is 1. The topological polar surface area (TPSA) is 76.0 Å². The molecule has 0 radical (unpaired) electrons. The van der Waals surface area contributed by atoms with Crippen LogP contribution in [0.15, 0.2) is 53.5 Å². The van der Waals surface area contributed by atoms with Gasteiger partial charge >= 0.3 is 0 Å². The third-order valence-corrected chi connectivity index (χ3v) is 8.40. The van der Waals surface area contributed by atoms with Gasteiger partial charge in [-0.05, 0) is 43.7 Å². The fourth-order valence-electron chi connectivity index (χ4n) is 3.76. The average molecular weight is 445 g/mol. The third-order valence-electron chi connectivity index (χ3n) is 5.19. The largest absolute Gasteiger partial charge is 0.494 e. The molecule has 4 rings (SSSR count). The van der Waals surface area contributed by atoms with Gasteiger partial charge in [0.15, 0.2) is 15.0 Å². The minimum absolute atomic E-state index is 0.0725. The smallest absolute Gasteiger partial charge is 0.252 e. The second-order valence-corrected chi connectivity index (χ2v) is 10.9. The van der Waals surface area contributed by atoms with Crippen LogP contribution in [0.3, 0.4) is 0 Å². The van der Waals surface area contributed by atoms with E-state index in [4.69, 9.17) is 4.74 Å². The van der Waals surface area contributed by atoms with Crippen LogP contribution < -0.4 is 9.64 Å². The number of hydrogen-bond donors (Lipinski definition) is 0. The summed E-state index contributed by atoms with van der Waals surface area (Å²) in [5.74, 6) is 0.696. The third kappa shape index (κ3) is 4.54. The highest BCUT2D eigenvalue weighted by molar-refractivity contribution is 8.16. The van der Waals surface area contributed by atoms with E-state index >= 15 is 0 Å². The molecule has 6 nitrogen and oxygen atoms in total. The van der Waals surface area contributed by atoms with Crippen molar-refractivity contribution in [1.29, 1.82) is 0 Å². The lowest BCUT2D eigenvalue weighted by Crippen LogP contribution is -2.37. The molecule has 1 amide bonds. The summed E-state index contributed by atoms with van der Waals surface area (Å²) in [7, 11) is -3.09. The van der Waals surface area contributed by atoms with E-state index < -0.39 is 9.84 Å². The van der Waals surface area contributed by atoms with Crippen molar-refractivity contribution in [2.75, 3.05) is 23.0 Å². The van der Waals surface area contributed by atoms with Crippen molar-refractivity contribution >= 4 is 38.4 Å². The van der Waals surface area contributed by atoms with Crippen molar-refractivity contribution in [2.24, 2.45) is 4.99 Å². The van der Waals surface area contributed by atoms with Gasteiger partial charge in [-0.3, -0.25) is 4.79 Å². The van der Waals surface area contributed by atoms with Crippen LogP contribution in [0.5, 0.6) is 5.75 Å². The number of aryl methyl sites for hydroxylation is 1. The summed E-state index contributed by atoms with van der Waals surface area (Å²) in [5.41, 5.74) is 2.87. The van der Waals surface area contributed by atoms with Crippen LogP contribution in [0.2, 0.25) is 0 Å². The number of hydrogen-bond acceptors (Lipinski definition) is 5. The molecular formula is C22H24N2O4S2. The van der Waals surface area contributed by atoms with Crippen molar-refractivity contribution in [1.82, 2.24) is 0 Å². The molecule has 2 heterocycles. The van der Waals surface area contributed by atoms with E-state index in [0.29, 0.717) is 11.8 Å². The van der Waals surface area contributed by atoms with Crippen molar-refractivity contribution in [3.05, 3.63) is 59.7 Å². The molecule has 8 heteroatoms. The number of ether oxygens (including phenoxy) is 1. The number of rotatable bonds is 5. The minimum atomic E-state index is -3.09.